The van der Waals surface area contributed by atoms with Gasteiger partial charge in [-0.05, 0) is 32.2 Å². The summed E-state index contributed by atoms with van der Waals surface area (Å²) in [6.45, 7) is 5.23. The first-order valence-corrected chi connectivity index (χ1v) is 9.10. The van der Waals surface area contributed by atoms with Crippen LogP contribution in [0, 0.1) is 6.92 Å². The Balaban J connectivity index is 1.65. The molecule has 0 bridgehead atoms. The van der Waals surface area contributed by atoms with Crippen molar-refractivity contribution in [2.24, 2.45) is 0 Å². The third-order valence-electron chi connectivity index (χ3n) is 4.88. The molecule has 4 rings (SSSR count). The molecule has 1 amide bonds. The van der Waals surface area contributed by atoms with E-state index in [1.165, 1.54) is 0 Å². The number of hydrogen-bond donors (Lipinski definition) is 0. The van der Waals surface area contributed by atoms with Crippen molar-refractivity contribution in [2.75, 3.05) is 33.2 Å². The molecule has 27 heavy (non-hydrogen) atoms. The fraction of sp³-hybridized carbons (Fsp3) is 0.286. The van der Waals surface area contributed by atoms with Crippen molar-refractivity contribution in [3.8, 4) is 22.8 Å². The number of hydrogen-bond acceptors (Lipinski definition) is 5. The van der Waals surface area contributed by atoms with Crippen molar-refractivity contribution in [3.05, 3.63) is 59.7 Å². The predicted octanol–water partition coefficient (Wildman–Crippen LogP) is 3.10. The van der Waals surface area contributed by atoms with Gasteiger partial charge < -0.3 is 14.3 Å². The zero-order valence-corrected chi connectivity index (χ0v) is 15.6. The summed E-state index contributed by atoms with van der Waals surface area (Å²) in [5.41, 5.74) is 3.30. The summed E-state index contributed by atoms with van der Waals surface area (Å²) in [7, 11) is 2.07. The molecule has 6 heteroatoms. The zero-order chi connectivity index (χ0) is 18.8. The number of carbonyl (C=O) groups is 1. The number of piperazine rings is 1. The average molecular weight is 362 g/mol. The van der Waals surface area contributed by atoms with Crippen molar-refractivity contribution in [3.63, 3.8) is 0 Å². The van der Waals surface area contributed by atoms with E-state index in [1.807, 2.05) is 60.4 Å². The van der Waals surface area contributed by atoms with E-state index in [1.54, 1.807) is 0 Å². The molecule has 0 saturated carbocycles. The van der Waals surface area contributed by atoms with Gasteiger partial charge >= 0.3 is 0 Å². The number of aryl methyl sites for hydroxylation is 1. The molecule has 138 valence electrons. The lowest BCUT2D eigenvalue weighted by atomic mass is 10.1. The van der Waals surface area contributed by atoms with Gasteiger partial charge in [-0.15, -0.1) is 0 Å². The van der Waals surface area contributed by atoms with Crippen LogP contribution in [0.5, 0.6) is 0 Å². The molecule has 0 spiro atoms. The summed E-state index contributed by atoms with van der Waals surface area (Å²) in [5.74, 6) is 0.897. The van der Waals surface area contributed by atoms with Crippen LogP contribution in [0.3, 0.4) is 0 Å². The molecule has 1 saturated heterocycles. The van der Waals surface area contributed by atoms with Gasteiger partial charge in [0.15, 0.2) is 0 Å². The summed E-state index contributed by atoms with van der Waals surface area (Å²) >= 11 is 0. The van der Waals surface area contributed by atoms with Crippen LogP contribution in [0.4, 0.5) is 0 Å². The molecule has 0 atom stereocenters. The van der Waals surface area contributed by atoms with Crippen LogP contribution >= 0.6 is 0 Å². The Morgan fingerprint density at radius 3 is 2.59 bits per heavy atom. The molecule has 2 aromatic carbocycles. The number of nitrogens with zero attached hydrogens (tertiary/aromatic N) is 4. The highest BCUT2D eigenvalue weighted by molar-refractivity contribution is 6.00. The minimum Gasteiger partial charge on any atom is -0.336 e. The molecule has 0 aliphatic carbocycles. The Bertz CT molecular complexity index is 958. The van der Waals surface area contributed by atoms with Crippen molar-refractivity contribution in [2.45, 2.75) is 6.92 Å². The molecule has 1 aliphatic rings. The third kappa shape index (κ3) is 3.61. The van der Waals surface area contributed by atoms with Crippen molar-refractivity contribution in [1.29, 1.82) is 0 Å². The minimum absolute atomic E-state index is 0.00834. The van der Waals surface area contributed by atoms with E-state index >= 15 is 0 Å². The standard InChI is InChI=1S/C21H22N4O2/c1-15-6-5-7-16(14-15)19-22-20(27-23-19)17-8-3-4-9-18(17)21(26)25-12-10-24(2)11-13-25/h3-9,14H,10-13H2,1-2H3. The number of rotatable bonds is 3. The second-order valence-electron chi connectivity index (χ2n) is 6.93. The van der Waals surface area contributed by atoms with Crippen molar-refractivity contribution < 1.29 is 9.32 Å². The molecule has 0 radical (unpaired) electrons. The van der Waals surface area contributed by atoms with Crippen molar-refractivity contribution in [1.82, 2.24) is 19.9 Å². The van der Waals surface area contributed by atoms with Gasteiger partial charge in [0, 0.05) is 31.7 Å². The largest absolute Gasteiger partial charge is 0.336 e. The lowest BCUT2D eigenvalue weighted by Crippen LogP contribution is -2.47. The number of carbonyl (C=O) groups excluding carboxylic acids is 1. The highest BCUT2D eigenvalue weighted by atomic mass is 16.5. The Labute approximate surface area is 158 Å². The van der Waals surface area contributed by atoms with E-state index in [-0.39, 0.29) is 5.91 Å². The fourth-order valence-corrected chi connectivity index (χ4v) is 3.27. The van der Waals surface area contributed by atoms with Gasteiger partial charge in [0.25, 0.3) is 11.8 Å². The van der Waals surface area contributed by atoms with Crippen molar-refractivity contribution >= 4 is 5.91 Å². The van der Waals surface area contributed by atoms with Crippen LogP contribution in [0.1, 0.15) is 15.9 Å². The summed E-state index contributed by atoms with van der Waals surface area (Å²) in [5, 5.41) is 4.11. The number of likely N-dealkylation sites (N-methyl/N-ethyl adjacent to an activating group) is 1. The van der Waals surface area contributed by atoms with Gasteiger partial charge in [0.2, 0.25) is 5.82 Å². The van der Waals surface area contributed by atoms with E-state index in [9.17, 15) is 4.79 Å². The maximum absolute atomic E-state index is 13.0. The first kappa shape index (κ1) is 17.4. The second-order valence-corrected chi connectivity index (χ2v) is 6.93. The van der Waals surface area contributed by atoms with Gasteiger partial charge in [-0.3, -0.25) is 4.79 Å². The van der Waals surface area contributed by atoms with Crippen LogP contribution < -0.4 is 0 Å². The molecule has 3 aromatic rings. The molecule has 1 aliphatic heterocycles. The fourth-order valence-electron chi connectivity index (χ4n) is 3.27. The number of benzene rings is 2. The van der Waals surface area contributed by atoms with Crippen LogP contribution in [0.15, 0.2) is 53.1 Å². The lowest BCUT2D eigenvalue weighted by molar-refractivity contribution is 0.0664. The first-order valence-electron chi connectivity index (χ1n) is 9.10. The van der Waals surface area contributed by atoms with E-state index in [4.69, 9.17) is 4.52 Å². The highest BCUT2D eigenvalue weighted by Gasteiger charge is 2.24. The summed E-state index contributed by atoms with van der Waals surface area (Å²) in [6.07, 6.45) is 0. The molecule has 1 fully saturated rings. The number of aromatic nitrogens is 2. The van der Waals surface area contributed by atoms with E-state index in [0.29, 0.717) is 22.8 Å². The zero-order valence-electron chi connectivity index (χ0n) is 15.6. The highest BCUT2D eigenvalue weighted by Crippen LogP contribution is 2.26. The van der Waals surface area contributed by atoms with E-state index in [2.05, 4.69) is 22.1 Å². The van der Waals surface area contributed by atoms with Crippen LogP contribution in [0.25, 0.3) is 22.8 Å². The SMILES string of the molecule is Cc1cccc(-c2noc(-c3ccccc3C(=O)N3CCN(C)CC3)n2)c1. The molecular formula is C21H22N4O2. The molecular weight excluding hydrogens is 340 g/mol. The summed E-state index contributed by atoms with van der Waals surface area (Å²) < 4.78 is 5.50. The van der Waals surface area contributed by atoms with Crippen LogP contribution in [-0.2, 0) is 0 Å². The van der Waals surface area contributed by atoms with Gasteiger partial charge in [-0.1, -0.05) is 41.1 Å². The molecule has 2 heterocycles. The number of amides is 1. The smallest absolute Gasteiger partial charge is 0.259 e. The topological polar surface area (TPSA) is 62.5 Å². The average Bonchev–Trinajstić information content (AvgIpc) is 3.18. The van der Waals surface area contributed by atoms with Gasteiger partial charge in [0.1, 0.15) is 0 Å². The maximum atomic E-state index is 13.0. The monoisotopic (exact) mass is 362 g/mol. The van der Waals surface area contributed by atoms with Gasteiger partial charge in [-0.2, -0.15) is 4.98 Å². The van der Waals surface area contributed by atoms with Crippen LogP contribution in [-0.4, -0.2) is 59.1 Å². The second kappa shape index (κ2) is 7.32. The summed E-state index contributed by atoms with van der Waals surface area (Å²) in [6, 6.07) is 15.4. The third-order valence-corrected chi connectivity index (χ3v) is 4.88. The van der Waals surface area contributed by atoms with E-state index < -0.39 is 0 Å². The molecule has 0 unspecified atom stereocenters. The quantitative estimate of drug-likeness (QED) is 0.716. The Kier molecular flexibility index (Phi) is 4.73. The maximum Gasteiger partial charge on any atom is 0.259 e. The lowest BCUT2D eigenvalue weighted by Gasteiger charge is -2.32. The molecule has 6 nitrogen and oxygen atoms in total. The Hall–Kier alpha value is -2.99. The normalized spacial score (nSPS) is 15.1. The predicted molar refractivity (Wildman–Crippen MR) is 103 cm³/mol. The Morgan fingerprint density at radius 2 is 1.81 bits per heavy atom. The van der Waals surface area contributed by atoms with Gasteiger partial charge in [0.05, 0.1) is 11.1 Å². The molecule has 0 N–H and O–H groups in total. The first-order chi connectivity index (χ1) is 13.1. The van der Waals surface area contributed by atoms with Gasteiger partial charge in [-0.25, -0.2) is 0 Å². The minimum atomic E-state index is 0.00834. The van der Waals surface area contributed by atoms with Crippen LogP contribution in [0.2, 0.25) is 0 Å². The summed E-state index contributed by atoms with van der Waals surface area (Å²) in [4.78, 5) is 21.7. The Morgan fingerprint density at radius 1 is 1.04 bits per heavy atom. The van der Waals surface area contributed by atoms with E-state index in [0.717, 1.165) is 37.3 Å². The molecule has 1 aromatic heterocycles.